The van der Waals surface area contributed by atoms with E-state index in [0.29, 0.717) is 0 Å². The molecule has 1 aromatic carbocycles. The third-order valence-electron chi connectivity index (χ3n) is 6.26. The number of aromatic amines is 2. The van der Waals surface area contributed by atoms with Crippen molar-refractivity contribution >= 4 is 27.5 Å². The first-order chi connectivity index (χ1) is 13.3. The van der Waals surface area contributed by atoms with Crippen molar-refractivity contribution in [3.05, 3.63) is 35.3 Å². The van der Waals surface area contributed by atoms with Gasteiger partial charge in [-0.2, -0.15) is 10.2 Å². The van der Waals surface area contributed by atoms with Crippen molar-refractivity contribution in [3.8, 4) is 11.3 Å². The summed E-state index contributed by atoms with van der Waals surface area (Å²) in [6.07, 6.45) is 9.82. The zero-order chi connectivity index (χ0) is 18.0. The molecule has 1 aliphatic carbocycles. The monoisotopic (exact) mass is 358 g/mol. The van der Waals surface area contributed by atoms with Crippen molar-refractivity contribution < 1.29 is 0 Å². The number of fused-ring (bicyclic) bond motifs is 5. The van der Waals surface area contributed by atoms with Crippen molar-refractivity contribution in [1.82, 2.24) is 25.4 Å². The second kappa shape index (κ2) is 5.55. The predicted octanol–water partition coefficient (Wildman–Crippen LogP) is 3.90. The third-order valence-corrected chi connectivity index (χ3v) is 6.26. The van der Waals surface area contributed by atoms with E-state index in [1.807, 2.05) is 12.4 Å². The number of aromatic nitrogens is 5. The molecule has 4 heterocycles. The van der Waals surface area contributed by atoms with Crippen LogP contribution in [0.2, 0.25) is 0 Å². The van der Waals surface area contributed by atoms with E-state index in [2.05, 4.69) is 38.3 Å². The number of aryl methyl sites for hydroxylation is 2. The summed E-state index contributed by atoms with van der Waals surface area (Å²) >= 11 is 0. The molecule has 6 rings (SSSR count). The second-order valence-electron chi connectivity index (χ2n) is 7.82. The SMILES string of the molecule is Cc1[nH]ncc1-c1nc2c(N3CCC3)cc3[nH]ncc3c2c2c1CCCC2. The Morgan fingerprint density at radius 1 is 0.963 bits per heavy atom. The summed E-state index contributed by atoms with van der Waals surface area (Å²) in [4.78, 5) is 7.72. The van der Waals surface area contributed by atoms with Gasteiger partial charge in [-0.05, 0) is 56.2 Å². The number of H-pyrrole nitrogens is 2. The molecule has 0 atom stereocenters. The number of benzene rings is 1. The Morgan fingerprint density at radius 3 is 2.52 bits per heavy atom. The number of nitrogens with one attached hydrogen (secondary N) is 2. The molecule has 0 radical (unpaired) electrons. The molecule has 1 fully saturated rings. The summed E-state index contributed by atoms with van der Waals surface area (Å²) in [5, 5.41) is 17.4. The van der Waals surface area contributed by atoms with E-state index in [-0.39, 0.29) is 0 Å². The van der Waals surface area contributed by atoms with Crippen LogP contribution < -0.4 is 4.90 Å². The van der Waals surface area contributed by atoms with Crippen molar-refractivity contribution in [2.45, 2.75) is 39.0 Å². The van der Waals surface area contributed by atoms with Crippen LogP contribution in [0.3, 0.4) is 0 Å². The van der Waals surface area contributed by atoms with Gasteiger partial charge in [0, 0.05) is 35.1 Å². The van der Waals surface area contributed by atoms with Gasteiger partial charge in [0.2, 0.25) is 0 Å². The molecule has 136 valence electrons. The van der Waals surface area contributed by atoms with Crippen LogP contribution in [0.25, 0.3) is 33.1 Å². The van der Waals surface area contributed by atoms with Crippen LogP contribution in [0.15, 0.2) is 18.5 Å². The highest BCUT2D eigenvalue weighted by Crippen LogP contribution is 2.42. The highest BCUT2D eigenvalue weighted by atomic mass is 15.2. The summed E-state index contributed by atoms with van der Waals surface area (Å²) in [5.74, 6) is 0. The fourth-order valence-electron chi connectivity index (χ4n) is 4.72. The van der Waals surface area contributed by atoms with Crippen LogP contribution in [0.4, 0.5) is 5.69 Å². The fourth-order valence-corrected chi connectivity index (χ4v) is 4.72. The summed E-state index contributed by atoms with van der Waals surface area (Å²) in [5.41, 5.74) is 9.70. The lowest BCUT2D eigenvalue weighted by molar-refractivity contribution is 0.619. The molecule has 27 heavy (non-hydrogen) atoms. The van der Waals surface area contributed by atoms with Crippen molar-refractivity contribution in [1.29, 1.82) is 0 Å². The standard InChI is InChI=1S/C21H22N6/c1-12-15(10-22-25-12)20-14-6-3-2-5-13(14)19-16-11-23-26-17(16)9-18(21(19)24-20)27-7-4-8-27/h9-11H,2-8H2,1H3,(H,22,25)(H,23,26). The molecule has 6 heteroatoms. The first-order valence-corrected chi connectivity index (χ1v) is 9.88. The Bertz CT molecular complexity index is 1180. The van der Waals surface area contributed by atoms with Gasteiger partial charge in [-0.1, -0.05) is 0 Å². The van der Waals surface area contributed by atoms with Crippen LogP contribution >= 0.6 is 0 Å². The van der Waals surface area contributed by atoms with Crippen LogP contribution in [0, 0.1) is 6.92 Å². The van der Waals surface area contributed by atoms with Crippen molar-refractivity contribution in [3.63, 3.8) is 0 Å². The Morgan fingerprint density at radius 2 is 1.78 bits per heavy atom. The highest BCUT2D eigenvalue weighted by Gasteiger charge is 2.26. The van der Waals surface area contributed by atoms with E-state index >= 15 is 0 Å². The summed E-state index contributed by atoms with van der Waals surface area (Å²) < 4.78 is 0. The molecular formula is C21H22N6. The smallest absolute Gasteiger partial charge is 0.0954 e. The number of hydrogen-bond acceptors (Lipinski definition) is 4. The van der Waals surface area contributed by atoms with Gasteiger partial charge in [0.05, 0.1) is 34.8 Å². The number of rotatable bonds is 2. The van der Waals surface area contributed by atoms with E-state index < -0.39 is 0 Å². The molecule has 4 aromatic rings. The number of nitrogens with zero attached hydrogens (tertiary/aromatic N) is 4. The molecule has 0 spiro atoms. The third kappa shape index (κ3) is 2.10. The van der Waals surface area contributed by atoms with E-state index in [4.69, 9.17) is 4.98 Å². The first kappa shape index (κ1) is 15.2. The minimum atomic E-state index is 1.09. The van der Waals surface area contributed by atoms with Crippen LogP contribution in [-0.2, 0) is 12.8 Å². The maximum absolute atomic E-state index is 5.28. The number of pyridine rings is 1. The quantitative estimate of drug-likeness (QED) is 0.570. The van der Waals surface area contributed by atoms with Gasteiger partial charge in [-0.15, -0.1) is 0 Å². The lowest BCUT2D eigenvalue weighted by Gasteiger charge is -2.34. The van der Waals surface area contributed by atoms with E-state index in [0.717, 1.165) is 53.9 Å². The Kier molecular flexibility index (Phi) is 3.12. The molecule has 1 saturated heterocycles. The topological polar surface area (TPSA) is 73.5 Å². The Labute approximate surface area is 157 Å². The first-order valence-electron chi connectivity index (χ1n) is 9.88. The van der Waals surface area contributed by atoms with Gasteiger partial charge < -0.3 is 4.90 Å². The van der Waals surface area contributed by atoms with E-state index in [9.17, 15) is 0 Å². The second-order valence-corrected chi connectivity index (χ2v) is 7.82. The zero-order valence-electron chi connectivity index (χ0n) is 15.5. The Hall–Kier alpha value is -2.89. The molecule has 1 aliphatic heterocycles. The maximum atomic E-state index is 5.28. The normalized spacial score (nSPS) is 16.7. The Balaban J connectivity index is 1.77. The zero-order valence-corrected chi connectivity index (χ0v) is 15.5. The van der Waals surface area contributed by atoms with Gasteiger partial charge in [0.15, 0.2) is 0 Å². The largest absolute Gasteiger partial charge is 0.370 e. The van der Waals surface area contributed by atoms with Gasteiger partial charge in [0.25, 0.3) is 0 Å². The molecule has 3 aromatic heterocycles. The average Bonchev–Trinajstić information content (AvgIpc) is 3.28. The van der Waals surface area contributed by atoms with E-state index in [1.54, 1.807) is 0 Å². The molecule has 2 aliphatic rings. The minimum Gasteiger partial charge on any atom is -0.370 e. The average molecular weight is 358 g/mol. The van der Waals surface area contributed by atoms with Crippen LogP contribution in [0.5, 0.6) is 0 Å². The lowest BCUT2D eigenvalue weighted by Crippen LogP contribution is -2.37. The van der Waals surface area contributed by atoms with Crippen molar-refractivity contribution in [2.24, 2.45) is 0 Å². The molecule has 2 N–H and O–H groups in total. The van der Waals surface area contributed by atoms with Crippen LogP contribution in [-0.4, -0.2) is 38.5 Å². The van der Waals surface area contributed by atoms with Crippen molar-refractivity contribution in [2.75, 3.05) is 18.0 Å². The molecule has 6 nitrogen and oxygen atoms in total. The summed E-state index contributed by atoms with van der Waals surface area (Å²) in [7, 11) is 0. The van der Waals surface area contributed by atoms with Gasteiger partial charge >= 0.3 is 0 Å². The summed E-state index contributed by atoms with van der Waals surface area (Å²) in [6.45, 7) is 4.29. The lowest BCUT2D eigenvalue weighted by atomic mass is 9.85. The molecular weight excluding hydrogens is 336 g/mol. The fraction of sp³-hybridized carbons (Fsp3) is 0.381. The molecule has 0 saturated carbocycles. The summed E-state index contributed by atoms with van der Waals surface area (Å²) in [6, 6.07) is 2.23. The maximum Gasteiger partial charge on any atom is 0.0954 e. The van der Waals surface area contributed by atoms with Crippen LogP contribution in [0.1, 0.15) is 36.1 Å². The number of anilines is 1. The van der Waals surface area contributed by atoms with E-state index in [1.165, 1.54) is 46.8 Å². The number of hydrogen-bond donors (Lipinski definition) is 2. The molecule has 0 bridgehead atoms. The minimum absolute atomic E-state index is 1.09. The molecule has 0 unspecified atom stereocenters. The van der Waals surface area contributed by atoms with Gasteiger partial charge in [-0.25, -0.2) is 4.98 Å². The van der Waals surface area contributed by atoms with Gasteiger partial charge in [-0.3, -0.25) is 10.2 Å². The molecule has 0 amide bonds. The van der Waals surface area contributed by atoms with Gasteiger partial charge in [0.1, 0.15) is 0 Å². The predicted molar refractivity (Wildman–Crippen MR) is 107 cm³/mol. The highest BCUT2D eigenvalue weighted by molar-refractivity contribution is 6.13.